The van der Waals surface area contributed by atoms with Crippen LogP contribution >= 0.6 is 0 Å². The second-order valence-corrected chi connectivity index (χ2v) is 4.53. The first-order valence-corrected chi connectivity index (χ1v) is 5.34. The van der Waals surface area contributed by atoms with E-state index in [0.29, 0.717) is 5.69 Å². The van der Waals surface area contributed by atoms with Crippen molar-refractivity contribution < 1.29 is 9.53 Å². The number of imidazole rings is 1. The molecular formula is C12H17N3O2. The van der Waals surface area contributed by atoms with E-state index in [0.717, 1.165) is 5.69 Å². The van der Waals surface area contributed by atoms with E-state index in [9.17, 15) is 4.79 Å². The molecule has 0 unspecified atom stereocenters. The van der Waals surface area contributed by atoms with Crippen LogP contribution in [0.15, 0.2) is 6.33 Å². The molecule has 0 saturated heterocycles. The standard InChI is InChI=1S/C12H17N3O2/c1-9-10(15-8-14-9)6-5-7-13-11(16)17-12(2,3)4/h8H,7H2,1-4H3,(H,13,16)(H,14,15). The second kappa shape index (κ2) is 5.39. The molecule has 0 aliphatic heterocycles. The summed E-state index contributed by atoms with van der Waals surface area (Å²) < 4.78 is 5.06. The molecule has 92 valence electrons. The van der Waals surface area contributed by atoms with Gasteiger partial charge in [0.25, 0.3) is 0 Å². The molecule has 0 fully saturated rings. The molecule has 0 atom stereocenters. The van der Waals surface area contributed by atoms with Crippen LogP contribution < -0.4 is 5.32 Å². The van der Waals surface area contributed by atoms with E-state index >= 15 is 0 Å². The summed E-state index contributed by atoms with van der Waals surface area (Å²) in [6.45, 7) is 7.56. The number of hydrogen-bond donors (Lipinski definition) is 2. The lowest BCUT2D eigenvalue weighted by atomic mass is 10.2. The van der Waals surface area contributed by atoms with Crippen molar-refractivity contribution in [2.75, 3.05) is 6.54 Å². The van der Waals surface area contributed by atoms with Gasteiger partial charge >= 0.3 is 6.09 Å². The zero-order valence-corrected chi connectivity index (χ0v) is 10.5. The summed E-state index contributed by atoms with van der Waals surface area (Å²) in [5.74, 6) is 5.65. The lowest BCUT2D eigenvalue weighted by Gasteiger charge is -2.18. The Balaban J connectivity index is 2.36. The molecule has 5 heteroatoms. The van der Waals surface area contributed by atoms with Crippen molar-refractivity contribution in [2.24, 2.45) is 0 Å². The van der Waals surface area contributed by atoms with Crippen LogP contribution in [0.4, 0.5) is 4.79 Å². The van der Waals surface area contributed by atoms with Gasteiger partial charge in [0.1, 0.15) is 11.3 Å². The average molecular weight is 235 g/mol. The third-order valence-corrected chi connectivity index (χ3v) is 1.76. The van der Waals surface area contributed by atoms with Crippen molar-refractivity contribution in [3.63, 3.8) is 0 Å². The molecule has 1 rings (SSSR count). The summed E-state index contributed by atoms with van der Waals surface area (Å²) in [5.41, 5.74) is 1.11. The van der Waals surface area contributed by atoms with Crippen LogP contribution in [0.1, 0.15) is 32.2 Å². The van der Waals surface area contributed by atoms with Crippen LogP contribution in [-0.4, -0.2) is 28.2 Å². The number of nitrogens with zero attached hydrogens (tertiary/aromatic N) is 1. The smallest absolute Gasteiger partial charge is 0.408 e. The van der Waals surface area contributed by atoms with Crippen LogP contribution in [0.25, 0.3) is 0 Å². The fraction of sp³-hybridized carbons (Fsp3) is 0.500. The van der Waals surface area contributed by atoms with E-state index in [1.165, 1.54) is 0 Å². The van der Waals surface area contributed by atoms with Crippen molar-refractivity contribution >= 4 is 6.09 Å². The van der Waals surface area contributed by atoms with Crippen LogP contribution in [-0.2, 0) is 4.74 Å². The maximum Gasteiger partial charge on any atom is 0.408 e. The number of aromatic amines is 1. The molecule has 2 N–H and O–H groups in total. The van der Waals surface area contributed by atoms with Gasteiger partial charge in [-0.05, 0) is 33.6 Å². The molecule has 0 saturated carbocycles. The van der Waals surface area contributed by atoms with Crippen LogP contribution in [0.2, 0.25) is 0 Å². The number of hydrogen-bond acceptors (Lipinski definition) is 3. The van der Waals surface area contributed by atoms with Gasteiger partial charge in [-0.25, -0.2) is 9.78 Å². The maximum atomic E-state index is 11.3. The molecule has 0 radical (unpaired) electrons. The fourth-order valence-electron chi connectivity index (χ4n) is 1.04. The minimum absolute atomic E-state index is 0.237. The van der Waals surface area contributed by atoms with Gasteiger partial charge in [0, 0.05) is 5.69 Å². The van der Waals surface area contributed by atoms with Gasteiger partial charge in [0.15, 0.2) is 0 Å². The highest BCUT2D eigenvalue weighted by atomic mass is 16.6. The van der Waals surface area contributed by atoms with E-state index in [2.05, 4.69) is 27.1 Å². The van der Waals surface area contributed by atoms with Crippen LogP contribution in [0.3, 0.4) is 0 Å². The first-order valence-electron chi connectivity index (χ1n) is 5.34. The molecule has 0 bridgehead atoms. The Morgan fingerprint density at radius 1 is 1.59 bits per heavy atom. The third-order valence-electron chi connectivity index (χ3n) is 1.76. The van der Waals surface area contributed by atoms with Gasteiger partial charge in [-0.1, -0.05) is 5.92 Å². The van der Waals surface area contributed by atoms with Crippen molar-refractivity contribution in [3.05, 3.63) is 17.7 Å². The predicted molar refractivity (Wildman–Crippen MR) is 64.4 cm³/mol. The lowest BCUT2D eigenvalue weighted by molar-refractivity contribution is 0.0535. The summed E-state index contributed by atoms with van der Waals surface area (Å²) in [6, 6.07) is 0. The molecule has 0 aliphatic carbocycles. The van der Waals surface area contributed by atoms with Crippen LogP contribution in [0.5, 0.6) is 0 Å². The molecule has 0 spiro atoms. The Labute approximate surface area is 101 Å². The fourth-order valence-corrected chi connectivity index (χ4v) is 1.04. The zero-order chi connectivity index (χ0) is 12.9. The quantitative estimate of drug-likeness (QED) is 0.726. The molecule has 0 aliphatic rings. The van der Waals surface area contributed by atoms with Gasteiger partial charge in [0.05, 0.1) is 12.9 Å². The number of ether oxygens (including phenoxy) is 1. The van der Waals surface area contributed by atoms with E-state index in [1.54, 1.807) is 6.33 Å². The molecule has 5 nitrogen and oxygen atoms in total. The number of aryl methyl sites for hydroxylation is 1. The normalized spacial score (nSPS) is 10.4. The Hall–Kier alpha value is -1.96. The predicted octanol–water partition coefficient (Wildman–Crippen LogP) is 1.59. The van der Waals surface area contributed by atoms with E-state index in [-0.39, 0.29) is 6.54 Å². The second-order valence-electron chi connectivity index (χ2n) is 4.53. The molecule has 17 heavy (non-hydrogen) atoms. The largest absolute Gasteiger partial charge is 0.444 e. The number of alkyl carbamates (subject to hydrolysis) is 1. The SMILES string of the molecule is Cc1[nH]cnc1C#CCNC(=O)OC(C)(C)C. The summed E-state index contributed by atoms with van der Waals surface area (Å²) in [5, 5.41) is 2.55. The molecule has 1 amide bonds. The lowest BCUT2D eigenvalue weighted by Crippen LogP contribution is -2.32. The summed E-state index contributed by atoms with van der Waals surface area (Å²) in [7, 11) is 0. The Bertz CT molecular complexity index is 446. The highest BCUT2D eigenvalue weighted by molar-refractivity contribution is 5.68. The number of nitrogens with one attached hydrogen (secondary N) is 2. The van der Waals surface area contributed by atoms with E-state index in [4.69, 9.17) is 4.74 Å². The van der Waals surface area contributed by atoms with Gasteiger partial charge in [-0.2, -0.15) is 0 Å². The van der Waals surface area contributed by atoms with Crippen molar-refractivity contribution in [3.8, 4) is 11.8 Å². The molecule has 0 aromatic carbocycles. The molecule has 1 aromatic rings. The molecule has 1 heterocycles. The van der Waals surface area contributed by atoms with Gasteiger partial charge in [0.2, 0.25) is 0 Å². The first-order chi connectivity index (χ1) is 7.88. The minimum Gasteiger partial charge on any atom is -0.444 e. The number of carbonyl (C=O) groups excluding carboxylic acids is 1. The summed E-state index contributed by atoms with van der Waals surface area (Å²) >= 11 is 0. The van der Waals surface area contributed by atoms with Crippen molar-refractivity contribution in [1.82, 2.24) is 15.3 Å². The summed E-state index contributed by atoms with van der Waals surface area (Å²) in [4.78, 5) is 18.2. The highest BCUT2D eigenvalue weighted by Crippen LogP contribution is 2.05. The minimum atomic E-state index is -0.490. The molecule has 1 aromatic heterocycles. The van der Waals surface area contributed by atoms with E-state index in [1.807, 2.05) is 27.7 Å². The summed E-state index contributed by atoms with van der Waals surface area (Å²) in [6.07, 6.45) is 1.12. The monoisotopic (exact) mass is 235 g/mol. The van der Waals surface area contributed by atoms with Gasteiger partial charge in [-0.3, -0.25) is 0 Å². The van der Waals surface area contributed by atoms with Crippen molar-refractivity contribution in [2.45, 2.75) is 33.3 Å². The van der Waals surface area contributed by atoms with Gasteiger partial charge in [-0.15, -0.1) is 0 Å². The number of H-pyrrole nitrogens is 1. The Morgan fingerprint density at radius 3 is 2.82 bits per heavy atom. The third kappa shape index (κ3) is 5.07. The van der Waals surface area contributed by atoms with E-state index < -0.39 is 11.7 Å². The first kappa shape index (κ1) is 13.1. The maximum absolute atomic E-state index is 11.3. The number of carbonyl (C=O) groups is 1. The Kier molecular flexibility index (Phi) is 4.16. The number of rotatable bonds is 1. The highest BCUT2D eigenvalue weighted by Gasteiger charge is 2.14. The zero-order valence-electron chi connectivity index (χ0n) is 10.5. The number of aromatic nitrogens is 2. The topological polar surface area (TPSA) is 67.0 Å². The Morgan fingerprint density at radius 2 is 2.29 bits per heavy atom. The molecular weight excluding hydrogens is 218 g/mol. The van der Waals surface area contributed by atoms with Crippen molar-refractivity contribution in [1.29, 1.82) is 0 Å². The number of amides is 1. The van der Waals surface area contributed by atoms with Gasteiger partial charge < -0.3 is 15.0 Å². The van der Waals surface area contributed by atoms with Crippen LogP contribution in [0, 0.1) is 18.8 Å². The average Bonchev–Trinajstić information content (AvgIpc) is 2.56.